The molecule has 1 N–H and O–H groups in total. The Balaban J connectivity index is 1.84. The Bertz CT molecular complexity index is 1060. The Morgan fingerprint density at radius 3 is 2.61 bits per heavy atom. The molecule has 10 heteroatoms. The molecule has 0 aromatic heterocycles. The first-order chi connectivity index (χ1) is 15.6. The number of carbonyl (C=O) groups excluding carboxylic acids is 2. The van der Waals surface area contributed by atoms with Gasteiger partial charge in [0.15, 0.2) is 5.75 Å². The number of carbonyl (C=O) groups is 2. The number of ether oxygens (including phenoxy) is 3. The van der Waals surface area contributed by atoms with E-state index in [1.54, 1.807) is 18.2 Å². The number of hydrogen-bond donors (Lipinski definition) is 1. The fourth-order valence-corrected chi connectivity index (χ4v) is 3.99. The molecule has 0 spiro atoms. The number of nitro groups is 1. The van der Waals surface area contributed by atoms with E-state index in [2.05, 4.69) is 0 Å². The number of esters is 2. The lowest BCUT2D eigenvalue weighted by molar-refractivity contribution is -0.385. The van der Waals surface area contributed by atoms with E-state index >= 15 is 0 Å². The van der Waals surface area contributed by atoms with Crippen molar-refractivity contribution in [2.45, 2.75) is 51.4 Å². The highest BCUT2D eigenvalue weighted by molar-refractivity contribution is 6.31. The Morgan fingerprint density at radius 2 is 1.94 bits per heavy atom. The second kappa shape index (κ2) is 10.6. The van der Waals surface area contributed by atoms with Crippen molar-refractivity contribution < 1.29 is 33.8 Å². The highest BCUT2D eigenvalue weighted by Gasteiger charge is 2.33. The summed E-state index contributed by atoms with van der Waals surface area (Å²) < 4.78 is 16.6. The summed E-state index contributed by atoms with van der Waals surface area (Å²) in [5.41, 5.74) is 1.72. The zero-order valence-corrected chi connectivity index (χ0v) is 18.9. The quantitative estimate of drug-likeness (QED) is 0.356. The molecular weight excluding hydrogens is 454 g/mol. The van der Waals surface area contributed by atoms with Crippen molar-refractivity contribution in [3.8, 4) is 5.75 Å². The van der Waals surface area contributed by atoms with Crippen LogP contribution in [0.3, 0.4) is 0 Å². The van der Waals surface area contributed by atoms with Gasteiger partial charge in [-0.1, -0.05) is 29.8 Å². The molecule has 33 heavy (non-hydrogen) atoms. The van der Waals surface area contributed by atoms with Crippen LogP contribution in [0.1, 0.15) is 49.5 Å². The predicted molar refractivity (Wildman–Crippen MR) is 118 cm³/mol. The van der Waals surface area contributed by atoms with Crippen molar-refractivity contribution >= 4 is 29.2 Å². The Kier molecular flexibility index (Phi) is 7.88. The first-order valence-corrected chi connectivity index (χ1v) is 10.7. The summed E-state index contributed by atoms with van der Waals surface area (Å²) in [6.45, 7) is 2.69. The van der Waals surface area contributed by atoms with Crippen LogP contribution < -0.4 is 0 Å². The normalized spacial score (nSPS) is 20.2. The summed E-state index contributed by atoms with van der Waals surface area (Å²) in [6, 6.07) is 9.52. The molecule has 0 amide bonds. The van der Waals surface area contributed by atoms with Crippen molar-refractivity contribution in [2.75, 3.05) is 6.61 Å². The van der Waals surface area contributed by atoms with Crippen LogP contribution in [0.25, 0.3) is 0 Å². The molecule has 3 atom stereocenters. The van der Waals surface area contributed by atoms with Gasteiger partial charge in [0.2, 0.25) is 0 Å². The lowest BCUT2D eigenvalue weighted by Crippen LogP contribution is -2.36. The molecule has 1 aliphatic rings. The topological polar surface area (TPSA) is 125 Å². The first-order valence-electron chi connectivity index (χ1n) is 10.3. The van der Waals surface area contributed by atoms with Gasteiger partial charge in [-0.15, -0.1) is 0 Å². The molecule has 9 nitrogen and oxygen atoms in total. The molecule has 0 bridgehead atoms. The van der Waals surface area contributed by atoms with Crippen molar-refractivity contribution in [3.63, 3.8) is 0 Å². The monoisotopic (exact) mass is 477 g/mol. The molecule has 0 radical (unpaired) electrons. The molecule has 1 heterocycles. The average Bonchev–Trinajstić information content (AvgIpc) is 2.74. The third kappa shape index (κ3) is 6.66. The number of phenols is 1. The van der Waals surface area contributed by atoms with Gasteiger partial charge in [-0.2, -0.15) is 0 Å². The lowest BCUT2D eigenvalue weighted by Gasteiger charge is -2.35. The van der Waals surface area contributed by atoms with Gasteiger partial charge in [0, 0.05) is 37.8 Å². The number of halogens is 1. The Labute approximate surface area is 195 Å². The van der Waals surface area contributed by atoms with Crippen molar-refractivity contribution in [1.82, 2.24) is 0 Å². The van der Waals surface area contributed by atoms with Crippen LogP contribution in [0, 0.1) is 10.1 Å². The largest absolute Gasteiger partial charge is 0.502 e. The molecule has 176 valence electrons. The van der Waals surface area contributed by atoms with Gasteiger partial charge < -0.3 is 19.3 Å². The summed E-state index contributed by atoms with van der Waals surface area (Å²) >= 11 is 6.38. The zero-order valence-electron chi connectivity index (χ0n) is 18.2. The van der Waals surface area contributed by atoms with Gasteiger partial charge >= 0.3 is 17.6 Å². The van der Waals surface area contributed by atoms with Crippen LogP contribution in [0.4, 0.5) is 5.69 Å². The lowest BCUT2D eigenvalue weighted by atomic mass is 9.93. The van der Waals surface area contributed by atoms with Gasteiger partial charge in [0.05, 0.1) is 17.1 Å². The Hall–Kier alpha value is -3.17. The molecule has 1 aliphatic heterocycles. The molecule has 0 aliphatic carbocycles. The van der Waals surface area contributed by atoms with Crippen molar-refractivity contribution in [1.29, 1.82) is 0 Å². The molecule has 2 aromatic carbocycles. The molecule has 1 fully saturated rings. The van der Waals surface area contributed by atoms with Crippen LogP contribution in [0.2, 0.25) is 5.02 Å². The van der Waals surface area contributed by atoms with E-state index in [4.69, 9.17) is 25.8 Å². The van der Waals surface area contributed by atoms with Crippen LogP contribution in [-0.2, 0) is 30.2 Å². The number of rotatable bonds is 7. The van der Waals surface area contributed by atoms with Gasteiger partial charge in [0.25, 0.3) is 0 Å². The van der Waals surface area contributed by atoms with Gasteiger partial charge in [-0.05, 0) is 35.2 Å². The second-order valence-electron chi connectivity index (χ2n) is 7.86. The molecule has 2 aromatic rings. The summed E-state index contributed by atoms with van der Waals surface area (Å²) in [5.74, 6) is -1.24. The second-order valence-corrected chi connectivity index (χ2v) is 8.27. The van der Waals surface area contributed by atoms with E-state index in [1.165, 1.54) is 26.0 Å². The predicted octanol–water partition coefficient (Wildman–Crippen LogP) is 4.26. The molecular formula is C23H24ClNO8. The summed E-state index contributed by atoms with van der Waals surface area (Å²) in [5, 5.41) is 21.3. The maximum Gasteiger partial charge on any atom is 0.310 e. The average molecular weight is 478 g/mol. The maximum atomic E-state index is 11.5. The minimum Gasteiger partial charge on any atom is -0.502 e. The van der Waals surface area contributed by atoms with Crippen LogP contribution in [0.15, 0.2) is 36.4 Å². The number of nitro benzene ring substituents is 1. The van der Waals surface area contributed by atoms with E-state index in [0.29, 0.717) is 35.4 Å². The van der Waals surface area contributed by atoms with Crippen LogP contribution >= 0.6 is 11.6 Å². The molecule has 3 rings (SSSR count). The van der Waals surface area contributed by atoms with E-state index in [-0.39, 0.29) is 12.3 Å². The summed E-state index contributed by atoms with van der Waals surface area (Å²) in [6.07, 6.45) is -0.168. The highest BCUT2D eigenvalue weighted by atomic mass is 35.5. The number of nitrogens with zero attached hydrogens (tertiary/aromatic N) is 1. The fraction of sp³-hybridized carbons (Fsp3) is 0.391. The number of hydrogen-bond acceptors (Lipinski definition) is 8. The van der Waals surface area contributed by atoms with E-state index < -0.39 is 40.9 Å². The van der Waals surface area contributed by atoms with E-state index in [1.807, 2.05) is 6.07 Å². The number of aromatic hydroxyl groups is 1. The van der Waals surface area contributed by atoms with Crippen molar-refractivity contribution in [3.05, 3.63) is 68.2 Å². The molecule has 1 saturated heterocycles. The van der Waals surface area contributed by atoms with Crippen LogP contribution in [0.5, 0.6) is 5.75 Å². The summed E-state index contributed by atoms with van der Waals surface area (Å²) in [4.78, 5) is 33.2. The standard InChI is InChI=1S/C23H24ClNO8/c1-13(26)31-12-19-10-18(32-14(2)27)11-23(33-19)16-4-5-20(24)17(9-16)7-15-3-6-22(28)21(8-15)25(29)30/h3-6,8-9,18-19,23,28H,7,10-12H2,1-2H3. The zero-order chi connectivity index (χ0) is 24.1. The SMILES string of the molecule is CC(=O)OCC1CC(OC(C)=O)CC(c2ccc(Cl)c(Cc3ccc(O)c([N+](=O)[O-])c3)c2)O1. The van der Waals surface area contributed by atoms with Gasteiger partial charge in [-0.25, -0.2) is 0 Å². The van der Waals surface area contributed by atoms with Gasteiger partial charge in [-0.3, -0.25) is 19.7 Å². The summed E-state index contributed by atoms with van der Waals surface area (Å²) in [7, 11) is 0. The van der Waals surface area contributed by atoms with E-state index in [0.717, 1.165) is 5.56 Å². The molecule has 3 unspecified atom stereocenters. The molecule has 0 saturated carbocycles. The number of phenolic OH excluding ortho intramolecular Hbond substituents is 1. The fourth-order valence-electron chi connectivity index (χ4n) is 3.81. The Morgan fingerprint density at radius 1 is 1.18 bits per heavy atom. The van der Waals surface area contributed by atoms with Crippen LogP contribution in [-0.4, -0.2) is 40.8 Å². The highest BCUT2D eigenvalue weighted by Crippen LogP contribution is 2.36. The van der Waals surface area contributed by atoms with Gasteiger partial charge in [0.1, 0.15) is 12.7 Å². The van der Waals surface area contributed by atoms with E-state index in [9.17, 15) is 24.8 Å². The third-order valence-electron chi connectivity index (χ3n) is 5.24. The first kappa shape index (κ1) is 24.5. The van der Waals surface area contributed by atoms with Crippen molar-refractivity contribution in [2.24, 2.45) is 0 Å². The third-order valence-corrected chi connectivity index (χ3v) is 5.61. The maximum absolute atomic E-state index is 11.5. The minimum absolute atomic E-state index is 0.0429. The minimum atomic E-state index is -0.648. The number of benzene rings is 2. The smallest absolute Gasteiger partial charge is 0.310 e.